The monoisotopic (exact) mass is 715 g/mol. The third kappa shape index (κ3) is 9.36. The Morgan fingerprint density at radius 2 is 1.37 bits per heavy atom. The molecule has 3 aliphatic heterocycles. The molecule has 13 N–H and O–H groups in total. The number of carbonyl (C=O) groups excluding carboxylic acids is 3. The van der Waals surface area contributed by atoms with Gasteiger partial charge in [-0.25, -0.2) is 4.79 Å². The Kier molecular flexibility index (Phi) is 14.2. The van der Waals surface area contributed by atoms with Crippen molar-refractivity contribution in [2.24, 2.45) is 0 Å². The molecule has 0 unspecified atom stereocenters. The number of ether oxygens (including phenoxy) is 5. The van der Waals surface area contributed by atoms with Gasteiger partial charge in [-0.3, -0.25) is 14.4 Å². The van der Waals surface area contributed by atoms with Gasteiger partial charge in [-0.1, -0.05) is 0 Å². The Morgan fingerprint density at radius 3 is 1.90 bits per heavy atom. The summed E-state index contributed by atoms with van der Waals surface area (Å²) in [4.78, 5) is 47.9. The predicted octanol–water partition coefficient (Wildman–Crippen LogP) is -7.94. The van der Waals surface area contributed by atoms with Crippen LogP contribution in [0.1, 0.15) is 27.2 Å². The summed E-state index contributed by atoms with van der Waals surface area (Å²) < 4.78 is 27.5. The van der Waals surface area contributed by atoms with Gasteiger partial charge in [0.15, 0.2) is 12.6 Å². The second kappa shape index (κ2) is 17.0. The van der Waals surface area contributed by atoms with Crippen LogP contribution in [0.2, 0.25) is 0 Å². The number of rotatable bonds is 13. The van der Waals surface area contributed by atoms with Crippen molar-refractivity contribution >= 4 is 23.7 Å². The lowest BCUT2D eigenvalue weighted by Crippen LogP contribution is -2.71. The second-order valence-corrected chi connectivity index (χ2v) is 12.0. The highest BCUT2D eigenvalue weighted by Gasteiger charge is 2.60. The minimum atomic E-state index is -3.06. The van der Waals surface area contributed by atoms with Crippen molar-refractivity contribution in [2.75, 3.05) is 19.8 Å². The second-order valence-electron chi connectivity index (χ2n) is 12.0. The lowest BCUT2D eigenvalue weighted by atomic mass is 9.88. The predicted molar refractivity (Wildman–Crippen MR) is 153 cm³/mol. The molecule has 282 valence electrons. The van der Waals surface area contributed by atoms with E-state index in [9.17, 15) is 70.2 Å². The van der Waals surface area contributed by atoms with Gasteiger partial charge >= 0.3 is 5.97 Å². The van der Waals surface area contributed by atoms with E-state index in [4.69, 9.17) is 23.7 Å². The Balaban J connectivity index is 1.98. The highest BCUT2D eigenvalue weighted by atomic mass is 16.8. The molecular weight excluding hydrogens is 670 g/mol. The molecule has 0 bridgehead atoms. The van der Waals surface area contributed by atoms with Gasteiger partial charge in [-0.2, -0.15) is 0 Å². The van der Waals surface area contributed by atoms with Crippen LogP contribution in [0.5, 0.6) is 0 Å². The zero-order valence-electron chi connectivity index (χ0n) is 26.6. The fraction of sp³-hybridized carbons (Fsp3) is 0.852. The average molecular weight is 716 g/mol. The number of carbonyl (C=O) groups is 4. The Hall–Kier alpha value is -2.68. The summed E-state index contributed by atoms with van der Waals surface area (Å²) in [7, 11) is 0. The number of hydrogen-bond acceptors (Lipinski definition) is 18. The normalized spacial score (nSPS) is 40.9. The van der Waals surface area contributed by atoms with Crippen LogP contribution < -0.4 is 16.0 Å². The van der Waals surface area contributed by atoms with Crippen LogP contribution in [0.15, 0.2) is 0 Å². The largest absolute Gasteiger partial charge is 0.477 e. The molecule has 0 aromatic heterocycles. The number of aliphatic hydroxyl groups excluding tert-OH is 9. The van der Waals surface area contributed by atoms with Crippen LogP contribution in [0.25, 0.3) is 0 Å². The molecule has 3 aliphatic rings. The highest BCUT2D eigenvalue weighted by Crippen LogP contribution is 2.38. The molecule has 3 heterocycles. The molecule has 0 saturated carbocycles. The quantitative estimate of drug-likeness (QED) is 0.0842. The van der Waals surface area contributed by atoms with E-state index in [2.05, 4.69) is 16.0 Å². The maximum absolute atomic E-state index is 12.8. The summed E-state index contributed by atoms with van der Waals surface area (Å²) in [5.74, 6) is -7.12. The fourth-order valence-corrected chi connectivity index (χ4v) is 5.82. The summed E-state index contributed by atoms with van der Waals surface area (Å²) in [6.07, 6.45) is -25.8. The van der Waals surface area contributed by atoms with Gasteiger partial charge in [0.2, 0.25) is 17.7 Å². The zero-order chi connectivity index (χ0) is 37.0. The van der Waals surface area contributed by atoms with Crippen LogP contribution in [0, 0.1) is 0 Å². The van der Waals surface area contributed by atoms with E-state index >= 15 is 0 Å². The van der Waals surface area contributed by atoms with Crippen LogP contribution in [-0.4, -0.2) is 192 Å². The maximum Gasteiger partial charge on any atom is 0.364 e. The standard InChI is InChI=1S/C27H45N3O19/c1-8(33)28-5-12(37)17(38)22-15(29-9(2)34)11(36)4-27(48-22,26(43)44)49-23-19(40)14(7-32)46-25(20(23)41)47-21-16(30-10(3)35)24(42)45-13(6-31)18(21)39/h11-25,31-32,36-42H,4-7H2,1-3H3,(H,28,33)(H,29,34)(H,30,35)(H,43,44)/t11-,12+,13+,14+,15+,16+,17+,18-,19-,20+,21+,22+,23-,24+,25-,27-/m0/s1. The van der Waals surface area contributed by atoms with Crippen LogP contribution in [0.3, 0.4) is 0 Å². The van der Waals surface area contributed by atoms with Gasteiger partial charge in [0.1, 0.15) is 61.0 Å². The molecule has 22 nitrogen and oxygen atoms in total. The number of aliphatic hydroxyl groups is 9. The smallest absolute Gasteiger partial charge is 0.364 e. The van der Waals surface area contributed by atoms with Gasteiger partial charge in [0, 0.05) is 33.7 Å². The first-order valence-corrected chi connectivity index (χ1v) is 15.2. The van der Waals surface area contributed by atoms with E-state index in [1.165, 1.54) is 0 Å². The molecule has 3 rings (SSSR count). The molecule has 16 atom stereocenters. The van der Waals surface area contributed by atoms with E-state index in [1.807, 2.05) is 0 Å². The van der Waals surface area contributed by atoms with Crippen LogP contribution in [0.4, 0.5) is 0 Å². The van der Waals surface area contributed by atoms with E-state index in [1.54, 1.807) is 0 Å². The lowest BCUT2D eigenvalue weighted by Gasteiger charge is -2.50. The molecule has 0 aliphatic carbocycles. The van der Waals surface area contributed by atoms with Gasteiger partial charge in [0.25, 0.3) is 5.79 Å². The first kappa shape index (κ1) is 40.7. The highest BCUT2D eigenvalue weighted by molar-refractivity contribution is 5.77. The lowest BCUT2D eigenvalue weighted by molar-refractivity contribution is -0.380. The van der Waals surface area contributed by atoms with Crippen molar-refractivity contribution in [1.29, 1.82) is 0 Å². The van der Waals surface area contributed by atoms with Crippen LogP contribution in [-0.2, 0) is 42.9 Å². The number of aliphatic carboxylic acids is 1. The van der Waals surface area contributed by atoms with Crippen molar-refractivity contribution in [3.8, 4) is 0 Å². The minimum Gasteiger partial charge on any atom is -0.477 e. The molecule has 0 aromatic carbocycles. The van der Waals surface area contributed by atoms with E-state index < -0.39 is 147 Å². The van der Waals surface area contributed by atoms with E-state index in [-0.39, 0.29) is 0 Å². The number of amides is 3. The molecule has 3 fully saturated rings. The zero-order valence-corrected chi connectivity index (χ0v) is 26.6. The summed E-state index contributed by atoms with van der Waals surface area (Å²) in [6, 6.07) is -3.10. The average Bonchev–Trinajstić information content (AvgIpc) is 3.02. The van der Waals surface area contributed by atoms with Gasteiger partial charge in [-0.15, -0.1) is 0 Å². The first-order valence-electron chi connectivity index (χ1n) is 15.2. The molecular formula is C27H45N3O19. The molecule has 3 amide bonds. The number of hydrogen-bond donors (Lipinski definition) is 13. The third-order valence-corrected chi connectivity index (χ3v) is 8.24. The van der Waals surface area contributed by atoms with Crippen molar-refractivity contribution in [2.45, 2.75) is 125 Å². The molecule has 22 heteroatoms. The summed E-state index contributed by atoms with van der Waals surface area (Å²) in [5.41, 5.74) is 0. The van der Waals surface area contributed by atoms with Crippen LogP contribution >= 0.6 is 0 Å². The van der Waals surface area contributed by atoms with Gasteiger partial charge in [0.05, 0.1) is 31.5 Å². The molecule has 0 radical (unpaired) electrons. The summed E-state index contributed by atoms with van der Waals surface area (Å²) >= 11 is 0. The van der Waals surface area contributed by atoms with E-state index in [0.29, 0.717) is 0 Å². The SMILES string of the molecule is CC(=O)NC[C@@H](O)[C@@H](O)[C@@H]1O[C@@](O[C@H]2[C@@H](O)[C@@H](CO)O[C@@H](O[C@H]3[C@@H](O)[C@@H](CO)O[C@@H](O)[C@@H]3NC(C)=O)[C@@H]2O)(C(=O)O)C[C@H](O)[C@H]1NC(C)=O. The Labute approximate surface area is 278 Å². The first-order chi connectivity index (χ1) is 22.9. The summed E-state index contributed by atoms with van der Waals surface area (Å²) in [5, 5.41) is 113. The van der Waals surface area contributed by atoms with Crippen molar-refractivity contribution in [1.82, 2.24) is 16.0 Å². The van der Waals surface area contributed by atoms with E-state index in [0.717, 1.165) is 20.8 Å². The number of carboxylic acid groups (broad SMARTS) is 1. The van der Waals surface area contributed by atoms with Gasteiger partial charge in [-0.05, 0) is 0 Å². The van der Waals surface area contributed by atoms with Gasteiger partial charge < -0.3 is 90.7 Å². The maximum atomic E-state index is 12.8. The fourth-order valence-electron chi connectivity index (χ4n) is 5.82. The van der Waals surface area contributed by atoms with Crippen molar-refractivity contribution in [3.05, 3.63) is 0 Å². The third-order valence-electron chi connectivity index (χ3n) is 8.24. The van der Waals surface area contributed by atoms with Crippen molar-refractivity contribution < 1.29 is 93.9 Å². The minimum absolute atomic E-state index is 0.571. The number of nitrogens with one attached hydrogen (secondary N) is 3. The molecule has 0 aromatic rings. The molecule has 49 heavy (non-hydrogen) atoms. The summed E-state index contributed by atoms with van der Waals surface area (Å²) in [6.45, 7) is 0.808. The Morgan fingerprint density at radius 1 is 0.816 bits per heavy atom. The molecule has 3 saturated heterocycles. The number of carboxylic acids is 1. The Bertz CT molecular complexity index is 1170. The van der Waals surface area contributed by atoms with Crippen molar-refractivity contribution in [3.63, 3.8) is 0 Å². The topological polar surface area (TPSA) is 353 Å². The molecule has 0 spiro atoms.